The summed E-state index contributed by atoms with van der Waals surface area (Å²) in [5.74, 6) is 0. The molecule has 0 spiro atoms. The molecule has 0 radical (unpaired) electrons. The van der Waals surface area contributed by atoms with Gasteiger partial charge in [0, 0.05) is 6.42 Å². The molecule has 0 amide bonds. The first-order chi connectivity index (χ1) is 6.37. The molecule has 14 heavy (non-hydrogen) atoms. The van der Waals surface area contributed by atoms with Crippen molar-refractivity contribution in [3.8, 4) is 0 Å². The Morgan fingerprint density at radius 2 is 2.14 bits per heavy atom. The highest BCUT2D eigenvalue weighted by atomic mass is 16.5. The SMILES string of the molecule is C=C1COC(C)(C)CC(O)(CCC)C1. The zero-order valence-electron chi connectivity index (χ0n) is 9.60. The molecule has 2 nitrogen and oxygen atoms in total. The van der Waals surface area contributed by atoms with Gasteiger partial charge < -0.3 is 9.84 Å². The van der Waals surface area contributed by atoms with Gasteiger partial charge in [0.05, 0.1) is 17.8 Å². The van der Waals surface area contributed by atoms with E-state index in [-0.39, 0.29) is 5.60 Å². The van der Waals surface area contributed by atoms with Crippen molar-refractivity contribution in [2.75, 3.05) is 6.61 Å². The van der Waals surface area contributed by atoms with Crippen LogP contribution in [0.5, 0.6) is 0 Å². The Kier molecular flexibility index (Phi) is 3.38. The van der Waals surface area contributed by atoms with Crippen LogP contribution in [0.15, 0.2) is 12.2 Å². The second kappa shape index (κ2) is 4.03. The summed E-state index contributed by atoms with van der Waals surface area (Å²) in [5, 5.41) is 10.4. The van der Waals surface area contributed by atoms with E-state index in [1.165, 1.54) is 0 Å². The molecule has 1 aliphatic rings. The van der Waals surface area contributed by atoms with Gasteiger partial charge in [0.2, 0.25) is 0 Å². The van der Waals surface area contributed by atoms with Crippen LogP contribution in [0.3, 0.4) is 0 Å². The van der Waals surface area contributed by atoms with Crippen molar-refractivity contribution in [1.29, 1.82) is 0 Å². The fourth-order valence-corrected chi connectivity index (χ4v) is 2.36. The predicted molar refractivity (Wildman–Crippen MR) is 58.3 cm³/mol. The summed E-state index contributed by atoms with van der Waals surface area (Å²) >= 11 is 0. The van der Waals surface area contributed by atoms with Crippen molar-refractivity contribution in [2.24, 2.45) is 0 Å². The van der Waals surface area contributed by atoms with Crippen LogP contribution >= 0.6 is 0 Å². The summed E-state index contributed by atoms with van der Waals surface area (Å²) < 4.78 is 5.68. The number of ether oxygens (including phenoxy) is 1. The lowest BCUT2D eigenvalue weighted by Gasteiger charge is -2.32. The molecule has 82 valence electrons. The third-order valence-corrected chi connectivity index (χ3v) is 2.72. The number of hydrogen-bond acceptors (Lipinski definition) is 2. The maximum atomic E-state index is 10.4. The van der Waals surface area contributed by atoms with Gasteiger partial charge in [-0.05, 0) is 32.3 Å². The van der Waals surface area contributed by atoms with E-state index in [0.29, 0.717) is 19.4 Å². The molecule has 1 aliphatic heterocycles. The van der Waals surface area contributed by atoms with E-state index in [4.69, 9.17) is 4.74 Å². The molecule has 1 saturated heterocycles. The van der Waals surface area contributed by atoms with Crippen LogP contribution in [0.25, 0.3) is 0 Å². The molecule has 1 unspecified atom stereocenters. The Bertz CT molecular complexity index is 220. The Morgan fingerprint density at radius 1 is 1.50 bits per heavy atom. The van der Waals surface area contributed by atoms with Crippen molar-refractivity contribution in [2.45, 2.75) is 57.7 Å². The summed E-state index contributed by atoms with van der Waals surface area (Å²) in [7, 11) is 0. The lowest BCUT2D eigenvalue weighted by Crippen LogP contribution is -2.37. The van der Waals surface area contributed by atoms with Gasteiger partial charge in [-0.1, -0.05) is 19.9 Å². The van der Waals surface area contributed by atoms with Crippen molar-refractivity contribution in [3.63, 3.8) is 0 Å². The first-order valence-corrected chi connectivity index (χ1v) is 5.40. The molecule has 1 fully saturated rings. The van der Waals surface area contributed by atoms with E-state index in [1.807, 2.05) is 13.8 Å². The van der Waals surface area contributed by atoms with Crippen molar-refractivity contribution < 1.29 is 9.84 Å². The summed E-state index contributed by atoms with van der Waals surface area (Å²) in [6.07, 6.45) is 3.22. The second-order valence-corrected chi connectivity index (χ2v) is 5.13. The van der Waals surface area contributed by atoms with E-state index >= 15 is 0 Å². The van der Waals surface area contributed by atoms with Gasteiger partial charge in [-0.15, -0.1) is 0 Å². The highest BCUT2D eigenvalue weighted by Crippen LogP contribution is 2.35. The van der Waals surface area contributed by atoms with Gasteiger partial charge >= 0.3 is 0 Å². The zero-order valence-corrected chi connectivity index (χ0v) is 9.60. The standard InChI is InChI=1S/C12H22O2/c1-5-6-12(13)7-10(2)8-14-11(3,4)9-12/h13H,2,5-9H2,1,3-4H3. The van der Waals surface area contributed by atoms with Crippen LogP contribution in [-0.4, -0.2) is 22.9 Å². The Morgan fingerprint density at radius 3 is 2.71 bits per heavy atom. The Hall–Kier alpha value is -0.340. The highest BCUT2D eigenvalue weighted by molar-refractivity contribution is 5.06. The minimum atomic E-state index is -0.605. The second-order valence-electron chi connectivity index (χ2n) is 5.13. The molecule has 1 rings (SSSR count). The minimum absolute atomic E-state index is 0.233. The molecule has 0 aromatic rings. The minimum Gasteiger partial charge on any atom is -0.389 e. The number of hydrogen-bond donors (Lipinski definition) is 1. The average Bonchev–Trinajstić information content (AvgIpc) is 2.08. The molecule has 1 atom stereocenters. The average molecular weight is 198 g/mol. The van der Waals surface area contributed by atoms with E-state index < -0.39 is 5.60 Å². The molecular formula is C12H22O2. The van der Waals surface area contributed by atoms with Crippen LogP contribution in [-0.2, 0) is 4.74 Å². The third-order valence-electron chi connectivity index (χ3n) is 2.72. The molecule has 0 saturated carbocycles. The van der Waals surface area contributed by atoms with Gasteiger partial charge in [-0.3, -0.25) is 0 Å². The number of aliphatic hydroxyl groups is 1. The van der Waals surface area contributed by atoms with Crippen LogP contribution in [0.2, 0.25) is 0 Å². The molecule has 0 aromatic carbocycles. The quantitative estimate of drug-likeness (QED) is 0.691. The molecule has 0 aromatic heterocycles. The monoisotopic (exact) mass is 198 g/mol. The summed E-state index contributed by atoms with van der Waals surface area (Å²) in [4.78, 5) is 0. The largest absolute Gasteiger partial charge is 0.389 e. The molecule has 1 N–H and O–H groups in total. The topological polar surface area (TPSA) is 29.5 Å². The summed E-state index contributed by atoms with van der Waals surface area (Å²) in [5.41, 5.74) is 0.168. The molecular weight excluding hydrogens is 176 g/mol. The first-order valence-electron chi connectivity index (χ1n) is 5.40. The van der Waals surface area contributed by atoms with Gasteiger partial charge in [-0.2, -0.15) is 0 Å². The summed E-state index contributed by atoms with van der Waals surface area (Å²) in [6.45, 7) is 10.7. The smallest absolute Gasteiger partial charge is 0.0712 e. The predicted octanol–water partition coefficient (Wildman–Crippen LogP) is 2.66. The van der Waals surface area contributed by atoms with E-state index in [2.05, 4.69) is 13.5 Å². The first kappa shape index (κ1) is 11.7. The molecule has 2 heteroatoms. The maximum absolute atomic E-state index is 10.4. The third kappa shape index (κ3) is 3.10. The van der Waals surface area contributed by atoms with Crippen molar-refractivity contribution in [3.05, 3.63) is 12.2 Å². The van der Waals surface area contributed by atoms with Crippen molar-refractivity contribution in [1.82, 2.24) is 0 Å². The van der Waals surface area contributed by atoms with Crippen molar-refractivity contribution >= 4 is 0 Å². The lowest BCUT2D eigenvalue weighted by molar-refractivity contribution is -0.0626. The fraction of sp³-hybridized carbons (Fsp3) is 0.833. The van der Waals surface area contributed by atoms with Crippen LogP contribution < -0.4 is 0 Å². The lowest BCUT2D eigenvalue weighted by atomic mass is 9.83. The molecule has 1 heterocycles. The van der Waals surface area contributed by atoms with E-state index in [9.17, 15) is 5.11 Å². The summed E-state index contributed by atoms with van der Waals surface area (Å²) in [6, 6.07) is 0. The molecule has 0 aliphatic carbocycles. The van der Waals surface area contributed by atoms with Crippen LogP contribution in [0.1, 0.15) is 46.5 Å². The van der Waals surface area contributed by atoms with Gasteiger partial charge in [0.1, 0.15) is 0 Å². The number of rotatable bonds is 2. The fourth-order valence-electron chi connectivity index (χ4n) is 2.36. The molecule has 0 bridgehead atoms. The normalized spacial score (nSPS) is 32.7. The zero-order chi connectivity index (χ0) is 10.8. The van der Waals surface area contributed by atoms with Gasteiger partial charge in [0.25, 0.3) is 0 Å². The Labute approximate surface area is 87.0 Å². The van der Waals surface area contributed by atoms with Gasteiger partial charge in [-0.25, -0.2) is 0 Å². The Balaban J connectivity index is 2.78. The van der Waals surface area contributed by atoms with E-state index in [0.717, 1.165) is 18.4 Å². The maximum Gasteiger partial charge on any atom is 0.0712 e. The van der Waals surface area contributed by atoms with Crippen LogP contribution in [0, 0.1) is 0 Å². The highest BCUT2D eigenvalue weighted by Gasteiger charge is 2.37. The van der Waals surface area contributed by atoms with Crippen LogP contribution in [0.4, 0.5) is 0 Å². The van der Waals surface area contributed by atoms with Gasteiger partial charge in [0.15, 0.2) is 0 Å². The van der Waals surface area contributed by atoms with E-state index in [1.54, 1.807) is 0 Å².